The van der Waals surface area contributed by atoms with Crippen molar-refractivity contribution in [3.63, 3.8) is 0 Å². The standard InChI is InChI=1S/C10H13N3O3S/c11-8-1-2-9(12-7-8)10(14)13-3-5-17(15,16)6-4-13/h1-2,7H,3-6,11H2. The van der Waals surface area contributed by atoms with E-state index in [9.17, 15) is 13.2 Å². The molecule has 7 heteroatoms. The van der Waals surface area contributed by atoms with E-state index in [1.54, 1.807) is 12.1 Å². The third-order valence-corrected chi connectivity index (χ3v) is 4.25. The average molecular weight is 255 g/mol. The molecule has 1 aliphatic heterocycles. The van der Waals surface area contributed by atoms with Crippen LogP contribution in [0.5, 0.6) is 0 Å². The van der Waals surface area contributed by atoms with Crippen LogP contribution in [-0.2, 0) is 9.84 Å². The van der Waals surface area contributed by atoms with Gasteiger partial charge in [0, 0.05) is 13.1 Å². The summed E-state index contributed by atoms with van der Waals surface area (Å²) in [6.45, 7) is 0.459. The summed E-state index contributed by atoms with van der Waals surface area (Å²) in [5, 5.41) is 0. The number of rotatable bonds is 1. The number of carbonyl (C=O) groups is 1. The number of nitrogens with two attached hydrogens (primary N) is 1. The normalized spacial score (nSPS) is 18.9. The van der Waals surface area contributed by atoms with Gasteiger partial charge in [-0.05, 0) is 12.1 Å². The van der Waals surface area contributed by atoms with Crippen LogP contribution < -0.4 is 5.73 Å². The van der Waals surface area contributed by atoms with Gasteiger partial charge in [0.2, 0.25) is 0 Å². The van der Waals surface area contributed by atoms with Gasteiger partial charge in [-0.1, -0.05) is 0 Å². The molecule has 0 saturated carbocycles. The van der Waals surface area contributed by atoms with Gasteiger partial charge in [-0.3, -0.25) is 4.79 Å². The zero-order valence-electron chi connectivity index (χ0n) is 9.17. The van der Waals surface area contributed by atoms with Crippen LogP contribution in [0, 0.1) is 0 Å². The second kappa shape index (κ2) is 4.33. The van der Waals surface area contributed by atoms with Crippen molar-refractivity contribution in [3.8, 4) is 0 Å². The van der Waals surface area contributed by atoms with Crippen molar-refractivity contribution in [1.29, 1.82) is 0 Å². The van der Waals surface area contributed by atoms with Gasteiger partial charge in [-0.15, -0.1) is 0 Å². The molecule has 0 aromatic carbocycles. The largest absolute Gasteiger partial charge is 0.397 e. The smallest absolute Gasteiger partial charge is 0.272 e. The Balaban J connectivity index is 2.09. The number of hydrogen-bond donors (Lipinski definition) is 1. The molecule has 0 radical (unpaired) electrons. The molecular weight excluding hydrogens is 242 g/mol. The van der Waals surface area contributed by atoms with Crippen molar-refractivity contribution >= 4 is 21.4 Å². The second-order valence-corrected chi connectivity index (χ2v) is 6.22. The van der Waals surface area contributed by atoms with E-state index in [0.717, 1.165) is 0 Å². The van der Waals surface area contributed by atoms with Gasteiger partial charge in [-0.25, -0.2) is 13.4 Å². The lowest BCUT2D eigenvalue weighted by molar-refractivity contribution is 0.0764. The zero-order chi connectivity index (χ0) is 12.5. The molecule has 92 valence electrons. The van der Waals surface area contributed by atoms with Gasteiger partial charge in [0.25, 0.3) is 5.91 Å². The van der Waals surface area contributed by atoms with Gasteiger partial charge < -0.3 is 10.6 Å². The van der Waals surface area contributed by atoms with E-state index in [1.807, 2.05) is 0 Å². The predicted molar refractivity (Wildman–Crippen MR) is 63.2 cm³/mol. The fourth-order valence-corrected chi connectivity index (χ4v) is 2.81. The SMILES string of the molecule is Nc1ccc(C(=O)N2CCS(=O)(=O)CC2)nc1. The summed E-state index contributed by atoms with van der Waals surface area (Å²) in [6, 6.07) is 3.14. The summed E-state index contributed by atoms with van der Waals surface area (Å²) >= 11 is 0. The molecule has 1 amide bonds. The molecule has 0 bridgehead atoms. The Labute approximate surface area is 99.4 Å². The molecule has 0 aliphatic carbocycles. The van der Waals surface area contributed by atoms with Gasteiger partial charge in [0.05, 0.1) is 23.4 Å². The van der Waals surface area contributed by atoms with Crippen LogP contribution in [0.3, 0.4) is 0 Å². The van der Waals surface area contributed by atoms with Crippen LogP contribution in [-0.4, -0.2) is 48.8 Å². The predicted octanol–water partition coefficient (Wildman–Crippen LogP) is -0.466. The number of hydrogen-bond acceptors (Lipinski definition) is 5. The molecular formula is C10H13N3O3S. The van der Waals surface area contributed by atoms with Gasteiger partial charge in [0.15, 0.2) is 9.84 Å². The first kappa shape index (κ1) is 11.8. The van der Waals surface area contributed by atoms with Crippen molar-refractivity contribution < 1.29 is 13.2 Å². The highest BCUT2D eigenvalue weighted by atomic mass is 32.2. The summed E-state index contributed by atoms with van der Waals surface area (Å²) in [4.78, 5) is 17.4. The Morgan fingerprint density at radius 1 is 1.29 bits per heavy atom. The minimum absolute atomic E-state index is 0.0215. The summed E-state index contributed by atoms with van der Waals surface area (Å²) < 4.78 is 22.5. The van der Waals surface area contributed by atoms with E-state index in [2.05, 4.69) is 4.98 Å². The minimum atomic E-state index is -2.97. The van der Waals surface area contributed by atoms with Crippen LogP contribution in [0.15, 0.2) is 18.3 Å². The van der Waals surface area contributed by atoms with Crippen LogP contribution in [0.25, 0.3) is 0 Å². The van der Waals surface area contributed by atoms with Crippen molar-refractivity contribution in [2.75, 3.05) is 30.3 Å². The number of sulfone groups is 1. The number of carbonyl (C=O) groups excluding carboxylic acids is 1. The molecule has 2 N–H and O–H groups in total. The first-order valence-corrected chi connectivity index (χ1v) is 7.01. The Bertz CT molecular complexity index is 510. The van der Waals surface area contributed by atoms with E-state index >= 15 is 0 Å². The lowest BCUT2D eigenvalue weighted by atomic mass is 10.3. The molecule has 6 nitrogen and oxygen atoms in total. The highest BCUT2D eigenvalue weighted by molar-refractivity contribution is 7.91. The Kier molecular flexibility index (Phi) is 3.01. The van der Waals surface area contributed by atoms with Crippen molar-refractivity contribution in [1.82, 2.24) is 9.88 Å². The van der Waals surface area contributed by atoms with Crippen LogP contribution in [0.2, 0.25) is 0 Å². The molecule has 0 unspecified atom stereocenters. The fraction of sp³-hybridized carbons (Fsp3) is 0.400. The number of aromatic nitrogens is 1. The van der Waals surface area contributed by atoms with Gasteiger partial charge in [0.1, 0.15) is 5.69 Å². The highest BCUT2D eigenvalue weighted by Crippen LogP contribution is 2.09. The maximum absolute atomic E-state index is 11.9. The van der Waals surface area contributed by atoms with Crippen LogP contribution in [0.4, 0.5) is 5.69 Å². The van der Waals surface area contributed by atoms with Crippen molar-refractivity contribution in [2.45, 2.75) is 0 Å². The maximum atomic E-state index is 11.9. The molecule has 0 spiro atoms. The average Bonchev–Trinajstić information content (AvgIpc) is 2.29. The first-order chi connectivity index (χ1) is 7.98. The van der Waals surface area contributed by atoms with E-state index in [0.29, 0.717) is 11.4 Å². The third kappa shape index (κ3) is 2.73. The van der Waals surface area contributed by atoms with E-state index in [4.69, 9.17) is 5.73 Å². The maximum Gasteiger partial charge on any atom is 0.272 e. The van der Waals surface area contributed by atoms with E-state index in [1.165, 1.54) is 11.1 Å². The molecule has 1 aromatic heterocycles. The fourth-order valence-electron chi connectivity index (χ4n) is 1.61. The minimum Gasteiger partial charge on any atom is -0.397 e. The van der Waals surface area contributed by atoms with Gasteiger partial charge in [-0.2, -0.15) is 0 Å². The third-order valence-electron chi connectivity index (χ3n) is 2.64. The lowest BCUT2D eigenvalue weighted by Crippen LogP contribution is -2.43. The Hall–Kier alpha value is -1.63. The topological polar surface area (TPSA) is 93.4 Å². The van der Waals surface area contributed by atoms with Crippen LogP contribution in [0.1, 0.15) is 10.5 Å². The number of anilines is 1. The molecule has 1 aliphatic rings. The summed E-state index contributed by atoms with van der Waals surface area (Å²) in [7, 11) is -2.97. The molecule has 1 aromatic rings. The number of amides is 1. The van der Waals surface area contributed by atoms with Crippen LogP contribution >= 0.6 is 0 Å². The zero-order valence-corrected chi connectivity index (χ0v) is 9.98. The lowest BCUT2D eigenvalue weighted by Gasteiger charge is -2.26. The number of nitrogens with zero attached hydrogens (tertiary/aromatic N) is 2. The number of nitrogen functional groups attached to an aromatic ring is 1. The van der Waals surface area contributed by atoms with Crippen molar-refractivity contribution in [3.05, 3.63) is 24.0 Å². The molecule has 2 heterocycles. The molecule has 0 atom stereocenters. The monoisotopic (exact) mass is 255 g/mol. The highest BCUT2D eigenvalue weighted by Gasteiger charge is 2.26. The summed E-state index contributed by atoms with van der Waals surface area (Å²) in [6.07, 6.45) is 1.41. The molecule has 17 heavy (non-hydrogen) atoms. The summed E-state index contributed by atoms with van der Waals surface area (Å²) in [5.41, 5.74) is 6.25. The number of pyridine rings is 1. The Morgan fingerprint density at radius 2 is 1.94 bits per heavy atom. The second-order valence-electron chi connectivity index (χ2n) is 3.92. The first-order valence-electron chi connectivity index (χ1n) is 5.19. The molecule has 2 rings (SSSR count). The van der Waals surface area contributed by atoms with E-state index in [-0.39, 0.29) is 30.5 Å². The van der Waals surface area contributed by atoms with Crippen molar-refractivity contribution in [2.24, 2.45) is 0 Å². The van der Waals surface area contributed by atoms with Gasteiger partial charge >= 0.3 is 0 Å². The summed E-state index contributed by atoms with van der Waals surface area (Å²) in [5.74, 6) is -0.207. The van der Waals surface area contributed by atoms with E-state index < -0.39 is 9.84 Å². The Morgan fingerprint density at radius 3 is 2.47 bits per heavy atom. The molecule has 1 fully saturated rings. The quantitative estimate of drug-likeness (QED) is 0.732. The molecule has 1 saturated heterocycles.